The van der Waals surface area contributed by atoms with Crippen LogP contribution in [-0.2, 0) is 11.3 Å². The molecular formula is C24H36N6O2. The Balaban J connectivity index is 1.37. The number of piperidine rings is 1. The maximum atomic E-state index is 13.1. The lowest BCUT2D eigenvalue weighted by Crippen LogP contribution is -2.49. The molecule has 0 spiro atoms. The normalized spacial score (nSPS) is 20.6. The van der Waals surface area contributed by atoms with Crippen LogP contribution in [0.15, 0.2) is 29.1 Å². The van der Waals surface area contributed by atoms with Gasteiger partial charge in [0.15, 0.2) is 5.82 Å². The molecular weight excluding hydrogens is 404 g/mol. The van der Waals surface area contributed by atoms with E-state index < -0.39 is 0 Å². The first kappa shape index (κ1) is 22.7. The number of rotatable bonds is 7. The Morgan fingerprint density at radius 2 is 1.81 bits per heavy atom. The van der Waals surface area contributed by atoms with Crippen LogP contribution in [0, 0.1) is 5.92 Å². The Hall–Kier alpha value is -2.45. The Bertz CT molecular complexity index is 982. The number of carbonyl (C=O) groups is 1. The molecule has 3 heterocycles. The number of amides is 1. The predicted octanol–water partition coefficient (Wildman–Crippen LogP) is 1.39. The SMILES string of the molecule is CCN1CCN(CCNC(=O)C2CCCN(c3nc4ccccc4n(CC)c3=O)C2)CC1. The van der Waals surface area contributed by atoms with Crippen LogP contribution in [0.1, 0.15) is 26.7 Å². The van der Waals surface area contributed by atoms with E-state index >= 15 is 0 Å². The summed E-state index contributed by atoms with van der Waals surface area (Å²) in [6.07, 6.45) is 1.74. The molecule has 4 rings (SSSR count). The van der Waals surface area contributed by atoms with Gasteiger partial charge in [-0.3, -0.25) is 14.5 Å². The summed E-state index contributed by atoms with van der Waals surface area (Å²) >= 11 is 0. The van der Waals surface area contributed by atoms with E-state index in [0.717, 1.165) is 69.7 Å². The van der Waals surface area contributed by atoms with Gasteiger partial charge in [-0.15, -0.1) is 0 Å². The molecule has 2 fully saturated rings. The number of likely N-dealkylation sites (N-methyl/N-ethyl adjacent to an activating group) is 1. The van der Waals surface area contributed by atoms with Gasteiger partial charge < -0.3 is 19.7 Å². The van der Waals surface area contributed by atoms with E-state index in [1.165, 1.54) is 0 Å². The maximum Gasteiger partial charge on any atom is 0.293 e. The number of hydrogen-bond acceptors (Lipinski definition) is 6. The lowest BCUT2D eigenvalue weighted by Gasteiger charge is -2.34. The van der Waals surface area contributed by atoms with E-state index in [4.69, 9.17) is 0 Å². The molecule has 2 aromatic rings. The van der Waals surface area contributed by atoms with Crippen LogP contribution in [0.4, 0.5) is 5.82 Å². The molecule has 2 aliphatic heterocycles. The van der Waals surface area contributed by atoms with Crippen molar-refractivity contribution in [3.05, 3.63) is 34.6 Å². The fourth-order valence-corrected chi connectivity index (χ4v) is 4.89. The number of hydrogen-bond donors (Lipinski definition) is 1. The number of carbonyl (C=O) groups excluding carboxylic acids is 1. The summed E-state index contributed by atoms with van der Waals surface area (Å²) in [5.41, 5.74) is 1.60. The minimum atomic E-state index is -0.108. The number of nitrogens with zero attached hydrogens (tertiary/aromatic N) is 5. The molecule has 0 radical (unpaired) electrons. The third kappa shape index (κ3) is 4.96. The zero-order valence-electron chi connectivity index (χ0n) is 19.4. The zero-order chi connectivity index (χ0) is 22.5. The quantitative estimate of drug-likeness (QED) is 0.701. The highest BCUT2D eigenvalue weighted by molar-refractivity contribution is 5.80. The van der Waals surface area contributed by atoms with Crippen molar-refractivity contribution in [1.82, 2.24) is 24.7 Å². The van der Waals surface area contributed by atoms with Gasteiger partial charge in [-0.1, -0.05) is 19.1 Å². The molecule has 32 heavy (non-hydrogen) atoms. The molecule has 1 unspecified atom stereocenters. The summed E-state index contributed by atoms with van der Waals surface area (Å²) in [7, 11) is 0. The highest BCUT2D eigenvalue weighted by Gasteiger charge is 2.28. The van der Waals surface area contributed by atoms with Crippen LogP contribution in [0.25, 0.3) is 11.0 Å². The van der Waals surface area contributed by atoms with Gasteiger partial charge in [0.1, 0.15) is 0 Å². The Morgan fingerprint density at radius 3 is 2.56 bits per heavy atom. The number of aromatic nitrogens is 2. The number of aryl methyl sites for hydroxylation is 1. The van der Waals surface area contributed by atoms with Crippen LogP contribution < -0.4 is 15.8 Å². The second-order valence-electron chi connectivity index (χ2n) is 8.83. The van der Waals surface area contributed by atoms with Crippen molar-refractivity contribution in [3.63, 3.8) is 0 Å². The number of piperazine rings is 1. The summed E-state index contributed by atoms with van der Waals surface area (Å²) in [5, 5.41) is 3.14. The number of benzene rings is 1. The molecule has 8 nitrogen and oxygen atoms in total. The summed E-state index contributed by atoms with van der Waals surface area (Å²) in [6.45, 7) is 13.1. The van der Waals surface area contributed by atoms with Gasteiger partial charge in [0.05, 0.1) is 17.0 Å². The molecule has 0 saturated carbocycles. The lowest BCUT2D eigenvalue weighted by atomic mass is 9.97. The van der Waals surface area contributed by atoms with Gasteiger partial charge in [-0.25, -0.2) is 4.98 Å². The molecule has 1 amide bonds. The minimum absolute atomic E-state index is 0.0709. The minimum Gasteiger partial charge on any atom is -0.355 e. The summed E-state index contributed by atoms with van der Waals surface area (Å²) in [5.74, 6) is 0.457. The third-order valence-corrected chi connectivity index (χ3v) is 6.88. The first-order valence-corrected chi connectivity index (χ1v) is 12.1. The van der Waals surface area contributed by atoms with Crippen molar-refractivity contribution < 1.29 is 4.79 Å². The second kappa shape index (κ2) is 10.4. The molecule has 0 bridgehead atoms. The second-order valence-corrected chi connectivity index (χ2v) is 8.83. The average molecular weight is 441 g/mol. The van der Waals surface area contributed by atoms with Crippen molar-refractivity contribution >= 4 is 22.8 Å². The topological polar surface area (TPSA) is 73.7 Å². The third-order valence-electron chi connectivity index (χ3n) is 6.88. The maximum absolute atomic E-state index is 13.1. The van der Waals surface area contributed by atoms with Gasteiger partial charge in [0.2, 0.25) is 5.91 Å². The molecule has 0 aliphatic carbocycles. The van der Waals surface area contributed by atoms with Gasteiger partial charge in [-0.05, 0) is 38.4 Å². The van der Waals surface area contributed by atoms with Crippen molar-refractivity contribution in [2.45, 2.75) is 33.2 Å². The molecule has 1 N–H and O–H groups in total. The van der Waals surface area contributed by atoms with E-state index in [1.54, 1.807) is 4.57 Å². The predicted molar refractivity (Wildman–Crippen MR) is 128 cm³/mol. The fraction of sp³-hybridized carbons (Fsp3) is 0.625. The summed E-state index contributed by atoms with van der Waals surface area (Å²) in [4.78, 5) is 37.6. The number of fused-ring (bicyclic) bond motifs is 1. The van der Waals surface area contributed by atoms with Gasteiger partial charge >= 0.3 is 0 Å². The van der Waals surface area contributed by atoms with Gasteiger partial charge in [0, 0.05) is 58.9 Å². The van der Waals surface area contributed by atoms with Crippen LogP contribution in [0.3, 0.4) is 0 Å². The zero-order valence-corrected chi connectivity index (χ0v) is 19.4. The Labute approximate surface area is 190 Å². The molecule has 174 valence electrons. The Kier molecular flexibility index (Phi) is 7.42. The van der Waals surface area contributed by atoms with Crippen molar-refractivity contribution in [3.8, 4) is 0 Å². The van der Waals surface area contributed by atoms with E-state index in [-0.39, 0.29) is 17.4 Å². The number of nitrogens with one attached hydrogen (secondary N) is 1. The van der Waals surface area contributed by atoms with Crippen molar-refractivity contribution in [2.75, 3.05) is 63.8 Å². The molecule has 1 atom stereocenters. The highest BCUT2D eigenvalue weighted by Crippen LogP contribution is 2.22. The van der Waals surface area contributed by atoms with Crippen molar-refractivity contribution in [1.29, 1.82) is 0 Å². The van der Waals surface area contributed by atoms with Crippen LogP contribution in [-0.4, -0.2) is 84.2 Å². The van der Waals surface area contributed by atoms with E-state index in [2.05, 4.69) is 27.0 Å². The van der Waals surface area contributed by atoms with Crippen LogP contribution in [0.5, 0.6) is 0 Å². The molecule has 1 aromatic heterocycles. The lowest BCUT2D eigenvalue weighted by molar-refractivity contribution is -0.125. The first-order valence-electron chi connectivity index (χ1n) is 12.1. The van der Waals surface area contributed by atoms with E-state index in [9.17, 15) is 9.59 Å². The summed E-state index contributed by atoms with van der Waals surface area (Å²) in [6, 6.07) is 7.75. The Morgan fingerprint density at radius 1 is 1.06 bits per heavy atom. The van der Waals surface area contributed by atoms with Gasteiger partial charge in [-0.2, -0.15) is 0 Å². The van der Waals surface area contributed by atoms with Crippen molar-refractivity contribution in [2.24, 2.45) is 5.92 Å². The first-order chi connectivity index (χ1) is 15.6. The van der Waals surface area contributed by atoms with Crippen LogP contribution in [0.2, 0.25) is 0 Å². The molecule has 8 heteroatoms. The largest absolute Gasteiger partial charge is 0.355 e. The summed E-state index contributed by atoms with van der Waals surface area (Å²) < 4.78 is 1.78. The number of para-hydroxylation sites is 2. The van der Waals surface area contributed by atoms with Crippen LogP contribution >= 0.6 is 0 Å². The molecule has 1 aromatic carbocycles. The molecule has 2 aliphatic rings. The molecule has 2 saturated heterocycles. The van der Waals surface area contributed by atoms with E-state index in [1.807, 2.05) is 36.1 Å². The smallest absolute Gasteiger partial charge is 0.293 e. The average Bonchev–Trinajstić information content (AvgIpc) is 2.84. The number of anilines is 1. The fourth-order valence-electron chi connectivity index (χ4n) is 4.89. The van der Waals surface area contributed by atoms with Gasteiger partial charge in [0.25, 0.3) is 5.56 Å². The van der Waals surface area contributed by atoms with E-state index in [0.29, 0.717) is 25.5 Å². The highest BCUT2D eigenvalue weighted by atomic mass is 16.2. The monoisotopic (exact) mass is 440 g/mol. The standard InChI is InChI=1S/C24H36N6O2/c1-3-27-14-16-28(17-15-27)13-11-25-23(31)19-8-7-12-29(18-19)22-24(32)30(4-2)21-10-6-5-9-20(21)26-22/h5-6,9-10,19H,3-4,7-8,11-18H2,1-2H3,(H,25,31).